The molecule has 192 valence electrons. The summed E-state index contributed by atoms with van der Waals surface area (Å²) in [5, 5.41) is 3.26. The van der Waals surface area contributed by atoms with Crippen LogP contribution in [0.4, 0.5) is 5.95 Å². The number of aromatic amines is 1. The Bertz CT molecular complexity index is 1380. The van der Waals surface area contributed by atoms with Crippen LogP contribution in [0.5, 0.6) is 11.5 Å². The Labute approximate surface area is 216 Å². The third kappa shape index (κ3) is 5.86. The number of benzene rings is 2. The number of nitrogens with one attached hydrogen (secondary N) is 2. The molecule has 4 aromatic rings. The number of furan rings is 1. The molecule has 1 aliphatic rings. The lowest BCUT2D eigenvalue weighted by atomic mass is 9.90. The molecular weight excluding hydrogens is 468 g/mol. The normalized spacial score (nSPS) is 17.6. The smallest absolute Gasteiger partial charge is 0.252 e. The van der Waals surface area contributed by atoms with Crippen LogP contribution in [0.15, 0.2) is 75.9 Å². The van der Waals surface area contributed by atoms with E-state index in [9.17, 15) is 4.79 Å². The summed E-state index contributed by atoms with van der Waals surface area (Å²) in [4.78, 5) is 22.8. The second-order valence-electron chi connectivity index (χ2n) is 9.43. The predicted octanol–water partition coefficient (Wildman–Crippen LogP) is 4.68. The van der Waals surface area contributed by atoms with Gasteiger partial charge in [0.05, 0.1) is 19.9 Å². The maximum atomic E-state index is 12.7. The SMILES string of the molecule is COc1cc(CNc2nc([C@H]3CN(Cc4ccccc4)C[C@H]3c3ccc(C)o3)cc(=O)[nH]2)cc(OC)c1. The van der Waals surface area contributed by atoms with Crippen LogP contribution in [0, 0.1) is 6.92 Å². The van der Waals surface area contributed by atoms with Gasteiger partial charge in [0.1, 0.15) is 23.0 Å². The average Bonchev–Trinajstić information content (AvgIpc) is 3.53. The van der Waals surface area contributed by atoms with E-state index in [1.807, 2.05) is 43.3 Å². The monoisotopic (exact) mass is 500 g/mol. The van der Waals surface area contributed by atoms with Crippen LogP contribution in [0.1, 0.15) is 40.2 Å². The number of aryl methyl sites for hydroxylation is 1. The fraction of sp³-hybridized carbons (Fsp3) is 0.310. The first kappa shape index (κ1) is 24.6. The second kappa shape index (κ2) is 10.9. The Morgan fingerprint density at radius 2 is 1.70 bits per heavy atom. The Morgan fingerprint density at radius 1 is 0.973 bits per heavy atom. The summed E-state index contributed by atoms with van der Waals surface area (Å²) >= 11 is 0. The molecule has 1 fully saturated rings. The molecule has 2 N–H and O–H groups in total. The molecule has 0 aliphatic carbocycles. The molecule has 5 rings (SSSR count). The molecule has 1 saturated heterocycles. The molecule has 0 amide bonds. The highest BCUT2D eigenvalue weighted by atomic mass is 16.5. The van der Waals surface area contributed by atoms with Gasteiger partial charge in [-0.15, -0.1) is 0 Å². The maximum absolute atomic E-state index is 12.7. The molecule has 0 saturated carbocycles. The van der Waals surface area contributed by atoms with Crippen molar-refractivity contribution in [2.75, 3.05) is 32.6 Å². The molecule has 0 unspecified atom stereocenters. The Kier molecular flexibility index (Phi) is 7.28. The van der Waals surface area contributed by atoms with Gasteiger partial charge in [-0.3, -0.25) is 14.7 Å². The van der Waals surface area contributed by atoms with Crippen molar-refractivity contribution < 1.29 is 13.9 Å². The van der Waals surface area contributed by atoms with Gasteiger partial charge in [0.15, 0.2) is 0 Å². The van der Waals surface area contributed by atoms with Gasteiger partial charge in [-0.2, -0.15) is 0 Å². The van der Waals surface area contributed by atoms with Gasteiger partial charge in [0, 0.05) is 50.1 Å². The topological polar surface area (TPSA) is 92.6 Å². The summed E-state index contributed by atoms with van der Waals surface area (Å²) in [5.41, 5.74) is 2.77. The quantitative estimate of drug-likeness (QED) is 0.345. The molecule has 8 heteroatoms. The van der Waals surface area contributed by atoms with E-state index in [-0.39, 0.29) is 17.4 Å². The second-order valence-corrected chi connectivity index (χ2v) is 9.43. The van der Waals surface area contributed by atoms with Crippen molar-refractivity contribution in [2.24, 2.45) is 0 Å². The number of anilines is 1. The van der Waals surface area contributed by atoms with E-state index in [0.717, 1.165) is 42.4 Å². The summed E-state index contributed by atoms with van der Waals surface area (Å²) in [6.07, 6.45) is 0. The molecular formula is C29H32N4O4. The van der Waals surface area contributed by atoms with Crippen LogP contribution >= 0.6 is 0 Å². The van der Waals surface area contributed by atoms with Crippen LogP contribution < -0.4 is 20.3 Å². The Balaban J connectivity index is 1.39. The van der Waals surface area contributed by atoms with E-state index in [2.05, 4.69) is 39.5 Å². The molecule has 1 aliphatic heterocycles. The Hall–Kier alpha value is -4.04. The highest BCUT2D eigenvalue weighted by Gasteiger charge is 2.38. The van der Waals surface area contributed by atoms with Gasteiger partial charge in [-0.25, -0.2) is 4.98 Å². The molecule has 0 spiro atoms. The van der Waals surface area contributed by atoms with Crippen molar-refractivity contribution in [3.05, 3.63) is 105 Å². The van der Waals surface area contributed by atoms with Crippen LogP contribution in [0.25, 0.3) is 0 Å². The van der Waals surface area contributed by atoms with Crippen LogP contribution in [-0.4, -0.2) is 42.2 Å². The summed E-state index contributed by atoms with van der Waals surface area (Å²) in [7, 11) is 3.24. The molecule has 3 heterocycles. The highest BCUT2D eigenvalue weighted by molar-refractivity contribution is 5.40. The first-order chi connectivity index (χ1) is 18.0. The van der Waals surface area contributed by atoms with E-state index < -0.39 is 0 Å². The summed E-state index contributed by atoms with van der Waals surface area (Å²) in [6.45, 7) is 4.84. The first-order valence-corrected chi connectivity index (χ1v) is 12.4. The zero-order chi connectivity index (χ0) is 25.8. The number of rotatable bonds is 9. The molecule has 8 nitrogen and oxygen atoms in total. The minimum atomic E-state index is -0.188. The molecule has 37 heavy (non-hydrogen) atoms. The molecule has 0 radical (unpaired) electrons. The lowest BCUT2D eigenvalue weighted by Crippen LogP contribution is -2.21. The van der Waals surface area contributed by atoms with E-state index in [4.69, 9.17) is 18.9 Å². The number of nitrogens with zero attached hydrogens (tertiary/aromatic N) is 2. The standard InChI is InChI=1S/C29H32N4O4/c1-19-9-10-27(37-19)25-18-33(16-20-7-5-4-6-8-20)17-24(25)26-14-28(34)32-29(31-26)30-15-21-11-22(35-2)13-23(12-21)36-3/h4-14,24-25H,15-18H2,1-3H3,(H2,30,31,32,34)/t24-,25+/m0/s1. The summed E-state index contributed by atoms with van der Waals surface area (Å²) in [6, 6.07) is 21.7. The predicted molar refractivity (Wildman–Crippen MR) is 142 cm³/mol. The van der Waals surface area contributed by atoms with Gasteiger partial charge in [-0.05, 0) is 42.3 Å². The van der Waals surface area contributed by atoms with Gasteiger partial charge >= 0.3 is 0 Å². The van der Waals surface area contributed by atoms with Crippen LogP contribution in [-0.2, 0) is 13.1 Å². The first-order valence-electron chi connectivity index (χ1n) is 12.4. The minimum absolute atomic E-state index is 0.0222. The van der Waals surface area contributed by atoms with Crippen LogP contribution in [0.3, 0.4) is 0 Å². The van der Waals surface area contributed by atoms with E-state index >= 15 is 0 Å². The molecule has 0 bridgehead atoms. The van der Waals surface area contributed by atoms with Crippen molar-refractivity contribution in [3.8, 4) is 11.5 Å². The largest absolute Gasteiger partial charge is 0.497 e. The van der Waals surface area contributed by atoms with Gasteiger partial charge in [0.25, 0.3) is 5.56 Å². The van der Waals surface area contributed by atoms with Crippen LogP contribution in [0.2, 0.25) is 0 Å². The van der Waals surface area contributed by atoms with E-state index in [1.165, 1.54) is 5.56 Å². The lowest BCUT2D eigenvalue weighted by molar-refractivity contribution is 0.319. The van der Waals surface area contributed by atoms with E-state index in [1.54, 1.807) is 20.3 Å². The van der Waals surface area contributed by atoms with Crippen molar-refractivity contribution >= 4 is 5.95 Å². The van der Waals surface area contributed by atoms with Gasteiger partial charge in [0.2, 0.25) is 5.95 Å². The highest BCUT2D eigenvalue weighted by Crippen LogP contribution is 2.40. The number of methoxy groups -OCH3 is 2. The fourth-order valence-electron chi connectivity index (χ4n) is 5.00. The van der Waals surface area contributed by atoms with Gasteiger partial charge < -0.3 is 19.2 Å². The van der Waals surface area contributed by atoms with Crippen molar-refractivity contribution in [2.45, 2.75) is 31.8 Å². The third-order valence-corrected chi connectivity index (χ3v) is 6.78. The minimum Gasteiger partial charge on any atom is -0.497 e. The van der Waals surface area contributed by atoms with Gasteiger partial charge in [-0.1, -0.05) is 30.3 Å². The Morgan fingerprint density at radius 3 is 2.38 bits per heavy atom. The molecule has 2 aromatic heterocycles. The number of ether oxygens (including phenoxy) is 2. The number of hydrogen-bond acceptors (Lipinski definition) is 7. The molecule has 2 atom stereocenters. The van der Waals surface area contributed by atoms with Crippen molar-refractivity contribution in [3.63, 3.8) is 0 Å². The molecule has 2 aromatic carbocycles. The van der Waals surface area contributed by atoms with E-state index in [0.29, 0.717) is 24.0 Å². The zero-order valence-corrected chi connectivity index (χ0v) is 21.4. The van der Waals surface area contributed by atoms with Crippen molar-refractivity contribution in [1.29, 1.82) is 0 Å². The fourth-order valence-corrected chi connectivity index (χ4v) is 5.00. The average molecular weight is 501 g/mol. The van der Waals surface area contributed by atoms with Crippen molar-refractivity contribution in [1.82, 2.24) is 14.9 Å². The number of likely N-dealkylation sites (tertiary alicyclic amines) is 1. The number of aromatic nitrogens is 2. The summed E-state index contributed by atoms with van der Waals surface area (Å²) in [5.74, 6) is 3.76. The zero-order valence-electron chi connectivity index (χ0n) is 21.4. The lowest BCUT2D eigenvalue weighted by Gasteiger charge is -2.17. The number of hydrogen-bond donors (Lipinski definition) is 2. The number of H-pyrrole nitrogens is 1. The maximum Gasteiger partial charge on any atom is 0.252 e. The third-order valence-electron chi connectivity index (χ3n) is 6.78. The summed E-state index contributed by atoms with van der Waals surface area (Å²) < 4.78 is 16.8.